The highest BCUT2D eigenvalue weighted by Gasteiger charge is 2.29. The van der Waals surface area contributed by atoms with Gasteiger partial charge in [0, 0.05) is 18.7 Å². The van der Waals surface area contributed by atoms with E-state index < -0.39 is 5.82 Å². The van der Waals surface area contributed by atoms with Gasteiger partial charge in [0.05, 0.1) is 12.5 Å². The van der Waals surface area contributed by atoms with Crippen LogP contribution in [-0.2, 0) is 16.2 Å². The van der Waals surface area contributed by atoms with Crippen LogP contribution in [0.1, 0.15) is 28.8 Å². The lowest BCUT2D eigenvalue weighted by Crippen LogP contribution is -2.45. The largest absolute Gasteiger partial charge is 0.338 e. The highest BCUT2D eigenvalue weighted by Crippen LogP contribution is 2.19. The van der Waals surface area contributed by atoms with Crippen LogP contribution < -0.4 is 5.48 Å². The number of hydrogen-bond donors (Lipinski definition) is 1. The molecular weight excluding hydrogens is 354 g/mol. The number of nitrogens with one attached hydrogen (secondary N) is 1. The summed E-state index contributed by atoms with van der Waals surface area (Å²) >= 11 is 0. The van der Waals surface area contributed by atoms with Gasteiger partial charge in [-0.3, -0.25) is 14.4 Å². The van der Waals surface area contributed by atoms with Crippen LogP contribution in [0.2, 0.25) is 0 Å². The zero-order chi connectivity index (χ0) is 19.2. The van der Waals surface area contributed by atoms with Crippen molar-refractivity contribution in [1.29, 1.82) is 0 Å². The Morgan fingerprint density at radius 1 is 1.04 bits per heavy atom. The van der Waals surface area contributed by atoms with Gasteiger partial charge in [-0.15, -0.1) is 0 Å². The second kappa shape index (κ2) is 8.73. The van der Waals surface area contributed by atoms with Gasteiger partial charge in [0.15, 0.2) is 0 Å². The first-order chi connectivity index (χ1) is 13.0. The molecule has 0 radical (unpaired) electrons. The Morgan fingerprint density at radius 3 is 2.33 bits per heavy atom. The first-order valence-electron chi connectivity index (χ1n) is 8.74. The summed E-state index contributed by atoms with van der Waals surface area (Å²) in [6, 6.07) is 11.1. The van der Waals surface area contributed by atoms with Gasteiger partial charge in [0.2, 0.25) is 5.91 Å². The Hall–Kier alpha value is -2.80. The number of hydrogen-bond acceptors (Lipinski definition) is 3. The van der Waals surface area contributed by atoms with Crippen LogP contribution in [0.5, 0.6) is 0 Å². The molecule has 2 aromatic rings. The van der Waals surface area contributed by atoms with E-state index in [1.807, 2.05) is 0 Å². The molecule has 1 heterocycles. The summed E-state index contributed by atoms with van der Waals surface area (Å²) in [5.74, 6) is -1.64. The summed E-state index contributed by atoms with van der Waals surface area (Å²) in [7, 11) is 0. The van der Waals surface area contributed by atoms with Gasteiger partial charge >= 0.3 is 0 Å². The third-order valence-electron chi connectivity index (χ3n) is 4.50. The Labute approximate surface area is 155 Å². The molecule has 1 unspecified atom stereocenters. The van der Waals surface area contributed by atoms with Crippen molar-refractivity contribution in [2.24, 2.45) is 5.92 Å². The van der Waals surface area contributed by atoms with Crippen LogP contribution in [0.3, 0.4) is 0 Å². The number of halogens is 2. The van der Waals surface area contributed by atoms with E-state index in [1.54, 1.807) is 17.0 Å². The average Bonchev–Trinajstić information content (AvgIpc) is 2.69. The molecule has 0 spiro atoms. The van der Waals surface area contributed by atoms with Gasteiger partial charge in [-0.1, -0.05) is 12.1 Å². The van der Waals surface area contributed by atoms with Crippen molar-refractivity contribution in [3.63, 3.8) is 0 Å². The van der Waals surface area contributed by atoms with Crippen molar-refractivity contribution in [3.8, 4) is 0 Å². The number of benzene rings is 2. The fourth-order valence-electron chi connectivity index (χ4n) is 3.01. The minimum absolute atomic E-state index is 0.122. The topological polar surface area (TPSA) is 58.6 Å². The summed E-state index contributed by atoms with van der Waals surface area (Å²) in [6.07, 6.45) is 1.35. The second-order valence-electron chi connectivity index (χ2n) is 6.48. The molecule has 2 aromatic carbocycles. The van der Waals surface area contributed by atoms with Crippen LogP contribution in [0.15, 0.2) is 48.5 Å². The summed E-state index contributed by atoms with van der Waals surface area (Å²) in [5, 5.41) is 0. The normalized spacial score (nSPS) is 16.8. The molecule has 0 aromatic heterocycles. The minimum Gasteiger partial charge on any atom is -0.338 e. The summed E-state index contributed by atoms with van der Waals surface area (Å²) < 4.78 is 25.9. The van der Waals surface area contributed by atoms with Crippen molar-refractivity contribution in [2.45, 2.75) is 19.4 Å². The number of likely N-dealkylation sites (tertiary alicyclic amines) is 1. The smallest absolute Gasteiger partial charge is 0.253 e. The standard InChI is InChI=1S/C20H20F2N2O3/c21-17-7-3-14(4-8-17)13-27-23-19(25)16-2-1-11-24(12-16)20(26)15-5-9-18(22)10-6-15/h3-10,16H,1-2,11-13H2,(H,23,25). The molecule has 0 saturated carbocycles. The highest BCUT2D eigenvalue weighted by molar-refractivity contribution is 5.94. The molecule has 1 aliphatic heterocycles. The number of rotatable bonds is 5. The second-order valence-corrected chi connectivity index (χ2v) is 6.48. The molecule has 0 aliphatic carbocycles. The maximum Gasteiger partial charge on any atom is 0.253 e. The molecule has 1 atom stereocenters. The first kappa shape index (κ1) is 19.0. The van der Waals surface area contributed by atoms with Crippen molar-refractivity contribution in [1.82, 2.24) is 10.4 Å². The maximum atomic E-state index is 13.0. The third kappa shape index (κ3) is 5.10. The fourth-order valence-corrected chi connectivity index (χ4v) is 3.01. The van der Waals surface area contributed by atoms with E-state index in [0.717, 1.165) is 5.56 Å². The number of carbonyl (C=O) groups excluding carboxylic acids is 2. The van der Waals surface area contributed by atoms with E-state index in [-0.39, 0.29) is 36.7 Å². The Bertz CT molecular complexity index is 794. The van der Waals surface area contributed by atoms with Crippen LogP contribution in [0, 0.1) is 17.6 Å². The molecule has 1 aliphatic rings. The lowest BCUT2D eigenvalue weighted by atomic mass is 9.97. The SMILES string of the molecule is O=C(NOCc1ccc(F)cc1)C1CCCN(C(=O)c2ccc(F)cc2)C1. The van der Waals surface area contributed by atoms with Crippen LogP contribution >= 0.6 is 0 Å². The third-order valence-corrected chi connectivity index (χ3v) is 4.50. The van der Waals surface area contributed by atoms with Crippen molar-refractivity contribution in [2.75, 3.05) is 13.1 Å². The molecule has 27 heavy (non-hydrogen) atoms. The lowest BCUT2D eigenvalue weighted by Gasteiger charge is -2.32. The molecule has 2 amide bonds. The van der Waals surface area contributed by atoms with E-state index in [4.69, 9.17) is 4.84 Å². The Morgan fingerprint density at radius 2 is 1.67 bits per heavy atom. The number of carbonyl (C=O) groups is 2. The number of hydroxylamine groups is 1. The quantitative estimate of drug-likeness (QED) is 0.819. The predicted octanol–water partition coefficient (Wildman–Crippen LogP) is 3.07. The molecule has 1 saturated heterocycles. The van der Waals surface area contributed by atoms with E-state index in [9.17, 15) is 18.4 Å². The molecule has 0 bridgehead atoms. The lowest BCUT2D eigenvalue weighted by molar-refractivity contribution is -0.140. The van der Waals surface area contributed by atoms with Gasteiger partial charge in [0.1, 0.15) is 11.6 Å². The summed E-state index contributed by atoms with van der Waals surface area (Å²) in [6.45, 7) is 0.954. The molecule has 142 valence electrons. The van der Waals surface area contributed by atoms with E-state index in [2.05, 4.69) is 5.48 Å². The van der Waals surface area contributed by atoms with Gasteiger partial charge in [-0.05, 0) is 54.8 Å². The zero-order valence-corrected chi connectivity index (χ0v) is 14.7. The van der Waals surface area contributed by atoms with Crippen LogP contribution in [0.25, 0.3) is 0 Å². The van der Waals surface area contributed by atoms with Crippen molar-refractivity contribution < 1.29 is 23.2 Å². The molecule has 1 N–H and O–H groups in total. The number of piperidine rings is 1. The zero-order valence-electron chi connectivity index (χ0n) is 14.7. The predicted molar refractivity (Wildman–Crippen MR) is 94.4 cm³/mol. The van der Waals surface area contributed by atoms with Crippen molar-refractivity contribution >= 4 is 11.8 Å². The Kier molecular flexibility index (Phi) is 6.13. The monoisotopic (exact) mass is 374 g/mol. The molecule has 1 fully saturated rings. The first-order valence-corrected chi connectivity index (χ1v) is 8.74. The molecule has 7 heteroatoms. The van der Waals surface area contributed by atoms with E-state index in [0.29, 0.717) is 24.9 Å². The van der Waals surface area contributed by atoms with Crippen molar-refractivity contribution in [3.05, 3.63) is 71.3 Å². The Balaban J connectivity index is 1.50. The molecule has 5 nitrogen and oxygen atoms in total. The minimum atomic E-state index is -0.402. The van der Waals surface area contributed by atoms with Crippen LogP contribution in [-0.4, -0.2) is 29.8 Å². The van der Waals surface area contributed by atoms with E-state index >= 15 is 0 Å². The fraction of sp³-hybridized carbons (Fsp3) is 0.300. The molecular formula is C20H20F2N2O3. The van der Waals surface area contributed by atoms with Gasteiger partial charge in [-0.2, -0.15) is 0 Å². The molecule has 3 rings (SSSR count). The number of nitrogens with zero attached hydrogens (tertiary/aromatic N) is 1. The summed E-state index contributed by atoms with van der Waals surface area (Å²) in [4.78, 5) is 31.6. The van der Waals surface area contributed by atoms with Gasteiger partial charge in [0.25, 0.3) is 5.91 Å². The van der Waals surface area contributed by atoms with Gasteiger partial charge in [-0.25, -0.2) is 14.3 Å². The van der Waals surface area contributed by atoms with E-state index in [1.165, 1.54) is 36.4 Å². The number of amides is 2. The average molecular weight is 374 g/mol. The maximum absolute atomic E-state index is 13.0. The van der Waals surface area contributed by atoms with Gasteiger partial charge < -0.3 is 4.90 Å². The highest BCUT2D eigenvalue weighted by atomic mass is 19.1. The van der Waals surface area contributed by atoms with Crippen LogP contribution in [0.4, 0.5) is 8.78 Å². The summed E-state index contributed by atoms with van der Waals surface area (Å²) in [5.41, 5.74) is 3.53.